The summed E-state index contributed by atoms with van der Waals surface area (Å²) in [6.45, 7) is 1.86. The van der Waals surface area contributed by atoms with Crippen molar-refractivity contribution < 1.29 is 0 Å². The van der Waals surface area contributed by atoms with E-state index in [2.05, 4.69) is 4.98 Å². The molecule has 0 aromatic carbocycles. The molecule has 0 amide bonds. The topological polar surface area (TPSA) is 38.9 Å². The number of nitrogens with zero attached hydrogens (tertiary/aromatic N) is 1. The highest BCUT2D eigenvalue weighted by Crippen LogP contribution is 2.16. The summed E-state index contributed by atoms with van der Waals surface area (Å²) in [5, 5.41) is 0.637. The fraction of sp³-hybridized carbons (Fsp3) is 0.286. The van der Waals surface area contributed by atoms with Crippen LogP contribution < -0.4 is 5.73 Å². The third-order valence-corrected chi connectivity index (χ3v) is 1.54. The minimum atomic E-state index is -0.0892. The Labute approximate surface area is 77.2 Å². The maximum atomic E-state index is 5.78. The quantitative estimate of drug-likeness (QED) is 0.742. The van der Waals surface area contributed by atoms with Crippen molar-refractivity contribution in [2.24, 2.45) is 5.73 Å². The van der Waals surface area contributed by atoms with Gasteiger partial charge in [-0.05, 0) is 19.1 Å². The highest BCUT2D eigenvalue weighted by Gasteiger charge is 2.03. The van der Waals surface area contributed by atoms with Gasteiger partial charge in [-0.2, -0.15) is 0 Å². The average molecular weight is 193 g/mol. The highest BCUT2D eigenvalue weighted by molar-refractivity contribution is 6.31. The molecule has 2 N–H and O–H groups in total. The van der Waals surface area contributed by atoms with E-state index in [0.29, 0.717) is 5.02 Å². The van der Waals surface area contributed by atoms with Crippen LogP contribution in [-0.2, 0) is 0 Å². The zero-order valence-corrected chi connectivity index (χ0v) is 7.69. The van der Waals surface area contributed by atoms with Gasteiger partial charge in [-0.15, -0.1) is 12.4 Å². The number of aromatic nitrogens is 1. The molecule has 62 valence electrons. The van der Waals surface area contributed by atoms with Crippen molar-refractivity contribution in [1.29, 1.82) is 0 Å². The summed E-state index contributed by atoms with van der Waals surface area (Å²) in [6.07, 6.45) is 1.69. The third-order valence-electron chi connectivity index (χ3n) is 1.22. The lowest BCUT2D eigenvalue weighted by molar-refractivity contribution is 0.781. The van der Waals surface area contributed by atoms with Gasteiger partial charge < -0.3 is 5.73 Å². The molecule has 0 bridgehead atoms. The Morgan fingerprint density at radius 1 is 1.64 bits per heavy atom. The van der Waals surface area contributed by atoms with Gasteiger partial charge in [0.2, 0.25) is 0 Å². The molecule has 0 saturated carbocycles. The van der Waals surface area contributed by atoms with E-state index < -0.39 is 0 Å². The van der Waals surface area contributed by atoms with E-state index >= 15 is 0 Å². The molecule has 0 aliphatic heterocycles. The number of hydrogen-bond acceptors (Lipinski definition) is 2. The minimum Gasteiger partial charge on any atom is -0.323 e. The first kappa shape index (κ1) is 10.7. The Morgan fingerprint density at radius 2 is 2.27 bits per heavy atom. The van der Waals surface area contributed by atoms with Gasteiger partial charge in [-0.3, -0.25) is 4.98 Å². The monoisotopic (exact) mass is 192 g/mol. The van der Waals surface area contributed by atoms with E-state index in [1.165, 1.54) is 0 Å². The van der Waals surface area contributed by atoms with Gasteiger partial charge in [0.25, 0.3) is 0 Å². The molecule has 11 heavy (non-hydrogen) atoms. The molecular formula is C7H10Cl2N2. The molecule has 0 saturated heterocycles. The van der Waals surface area contributed by atoms with Crippen LogP contribution in [0.5, 0.6) is 0 Å². The first-order valence-electron chi connectivity index (χ1n) is 3.08. The molecule has 1 heterocycles. The molecule has 0 aliphatic rings. The lowest BCUT2D eigenvalue weighted by Crippen LogP contribution is -2.07. The van der Waals surface area contributed by atoms with Crippen molar-refractivity contribution in [2.75, 3.05) is 0 Å². The molecular weight excluding hydrogens is 183 g/mol. The maximum absolute atomic E-state index is 5.78. The number of rotatable bonds is 1. The molecule has 0 unspecified atom stereocenters. The minimum absolute atomic E-state index is 0. The lowest BCUT2D eigenvalue weighted by Gasteiger charge is -2.04. The largest absolute Gasteiger partial charge is 0.323 e. The Hall–Kier alpha value is -0.310. The molecule has 1 aromatic rings. The SMILES string of the molecule is C[C@@H](N)c1ncccc1Cl.Cl. The van der Waals surface area contributed by atoms with Crippen molar-refractivity contribution in [3.8, 4) is 0 Å². The smallest absolute Gasteiger partial charge is 0.0753 e. The van der Waals surface area contributed by atoms with Crippen molar-refractivity contribution >= 4 is 24.0 Å². The summed E-state index contributed by atoms with van der Waals surface area (Å²) in [5.41, 5.74) is 6.32. The summed E-state index contributed by atoms with van der Waals surface area (Å²) < 4.78 is 0. The van der Waals surface area contributed by atoms with Crippen molar-refractivity contribution in [3.63, 3.8) is 0 Å². The predicted octanol–water partition coefficient (Wildman–Crippen LogP) is 2.18. The van der Waals surface area contributed by atoms with Gasteiger partial charge in [0, 0.05) is 12.2 Å². The van der Waals surface area contributed by atoms with E-state index in [1.807, 2.05) is 6.92 Å². The number of pyridine rings is 1. The Bertz CT molecular complexity index is 225. The molecule has 0 fully saturated rings. The zero-order valence-electron chi connectivity index (χ0n) is 6.12. The van der Waals surface area contributed by atoms with Crippen LogP contribution >= 0.6 is 24.0 Å². The van der Waals surface area contributed by atoms with Gasteiger partial charge in [0.15, 0.2) is 0 Å². The summed E-state index contributed by atoms with van der Waals surface area (Å²) in [6, 6.07) is 3.48. The molecule has 0 radical (unpaired) electrons. The van der Waals surface area contributed by atoms with Gasteiger partial charge in [0.05, 0.1) is 10.7 Å². The Balaban J connectivity index is 0.000001000. The van der Waals surface area contributed by atoms with Crippen LogP contribution in [0.25, 0.3) is 0 Å². The predicted molar refractivity (Wildman–Crippen MR) is 49.1 cm³/mol. The lowest BCUT2D eigenvalue weighted by atomic mass is 10.2. The standard InChI is InChI=1S/C7H9ClN2.ClH/c1-5(9)7-6(8)3-2-4-10-7;/h2-5H,9H2,1H3;1H/t5-;/m1./s1. The average Bonchev–Trinajstić information content (AvgIpc) is 1.88. The molecule has 0 spiro atoms. The second-order valence-electron chi connectivity index (χ2n) is 2.16. The first-order valence-corrected chi connectivity index (χ1v) is 3.45. The van der Waals surface area contributed by atoms with E-state index in [-0.39, 0.29) is 18.4 Å². The van der Waals surface area contributed by atoms with Crippen molar-refractivity contribution in [1.82, 2.24) is 4.98 Å². The van der Waals surface area contributed by atoms with Crippen LogP contribution in [0.4, 0.5) is 0 Å². The van der Waals surface area contributed by atoms with Gasteiger partial charge >= 0.3 is 0 Å². The summed E-state index contributed by atoms with van der Waals surface area (Å²) in [4.78, 5) is 4.02. The van der Waals surface area contributed by atoms with Crippen LogP contribution in [0.2, 0.25) is 5.02 Å². The first-order chi connectivity index (χ1) is 4.72. The fourth-order valence-corrected chi connectivity index (χ4v) is 1.03. The Morgan fingerprint density at radius 3 is 2.64 bits per heavy atom. The van der Waals surface area contributed by atoms with Crippen LogP contribution in [0.15, 0.2) is 18.3 Å². The number of hydrogen-bond donors (Lipinski definition) is 1. The van der Waals surface area contributed by atoms with E-state index in [1.54, 1.807) is 18.3 Å². The van der Waals surface area contributed by atoms with Crippen LogP contribution in [0, 0.1) is 0 Å². The molecule has 4 heteroatoms. The third kappa shape index (κ3) is 2.66. The summed E-state index contributed by atoms with van der Waals surface area (Å²) in [5.74, 6) is 0. The summed E-state index contributed by atoms with van der Waals surface area (Å²) in [7, 11) is 0. The van der Waals surface area contributed by atoms with E-state index in [0.717, 1.165) is 5.69 Å². The van der Waals surface area contributed by atoms with Crippen molar-refractivity contribution in [2.45, 2.75) is 13.0 Å². The molecule has 2 nitrogen and oxygen atoms in total. The zero-order chi connectivity index (χ0) is 7.56. The fourth-order valence-electron chi connectivity index (χ4n) is 0.733. The molecule has 0 aliphatic carbocycles. The van der Waals surface area contributed by atoms with E-state index in [4.69, 9.17) is 17.3 Å². The molecule has 1 aromatic heterocycles. The number of nitrogens with two attached hydrogens (primary N) is 1. The molecule has 1 atom stereocenters. The van der Waals surface area contributed by atoms with E-state index in [9.17, 15) is 0 Å². The molecule has 1 rings (SSSR count). The van der Waals surface area contributed by atoms with Gasteiger partial charge in [0.1, 0.15) is 0 Å². The highest BCUT2D eigenvalue weighted by atomic mass is 35.5. The van der Waals surface area contributed by atoms with Crippen LogP contribution in [0.1, 0.15) is 18.7 Å². The van der Waals surface area contributed by atoms with Crippen molar-refractivity contribution in [3.05, 3.63) is 29.0 Å². The maximum Gasteiger partial charge on any atom is 0.0753 e. The van der Waals surface area contributed by atoms with Gasteiger partial charge in [-0.25, -0.2) is 0 Å². The number of halogens is 2. The van der Waals surface area contributed by atoms with Crippen LogP contribution in [-0.4, -0.2) is 4.98 Å². The van der Waals surface area contributed by atoms with Crippen LogP contribution in [0.3, 0.4) is 0 Å². The van der Waals surface area contributed by atoms with Gasteiger partial charge in [-0.1, -0.05) is 11.6 Å². The second-order valence-corrected chi connectivity index (χ2v) is 2.57. The Kier molecular flexibility index (Phi) is 4.42. The normalized spacial score (nSPS) is 11.9. The summed E-state index contributed by atoms with van der Waals surface area (Å²) >= 11 is 5.78. The second kappa shape index (κ2) is 4.54.